The summed E-state index contributed by atoms with van der Waals surface area (Å²) in [6, 6.07) is 2.64. The van der Waals surface area contributed by atoms with E-state index in [4.69, 9.17) is 9.47 Å². The Bertz CT molecular complexity index is 83.7. The van der Waals surface area contributed by atoms with E-state index in [1.54, 1.807) is 0 Å². The van der Waals surface area contributed by atoms with Crippen LogP contribution in [0.3, 0.4) is 0 Å². The lowest BCUT2D eigenvalue weighted by atomic mass is 10.5. The molecular formula is C7H14O2Si. The number of rotatable bonds is 6. The van der Waals surface area contributed by atoms with Crippen LogP contribution >= 0.6 is 0 Å². The monoisotopic (exact) mass is 158 g/mol. The zero-order valence-electron chi connectivity index (χ0n) is 6.43. The summed E-state index contributed by atoms with van der Waals surface area (Å²) in [6.07, 6.45) is 1.36. The first-order valence-corrected chi connectivity index (χ1v) is 5.29. The van der Waals surface area contributed by atoms with Crippen LogP contribution in [0.15, 0.2) is 0 Å². The van der Waals surface area contributed by atoms with Crippen molar-refractivity contribution in [2.24, 2.45) is 0 Å². The third kappa shape index (κ3) is 4.03. The summed E-state index contributed by atoms with van der Waals surface area (Å²) in [5.74, 6) is 0. The molecule has 0 N–H and O–H groups in total. The van der Waals surface area contributed by atoms with Crippen molar-refractivity contribution >= 4 is 9.52 Å². The van der Waals surface area contributed by atoms with Gasteiger partial charge in [-0.1, -0.05) is 19.0 Å². The van der Waals surface area contributed by atoms with Gasteiger partial charge < -0.3 is 9.47 Å². The van der Waals surface area contributed by atoms with Crippen molar-refractivity contribution in [3.8, 4) is 0 Å². The molecule has 1 saturated heterocycles. The maximum atomic E-state index is 5.28. The van der Waals surface area contributed by atoms with Crippen molar-refractivity contribution in [1.29, 1.82) is 0 Å². The van der Waals surface area contributed by atoms with Crippen molar-refractivity contribution in [3.63, 3.8) is 0 Å². The van der Waals surface area contributed by atoms with E-state index in [0.29, 0.717) is 0 Å². The number of hydrogen-bond acceptors (Lipinski definition) is 2. The van der Waals surface area contributed by atoms with Crippen molar-refractivity contribution in [2.75, 3.05) is 13.2 Å². The first kappa shape index (κ1) is 8.24. The average molecular weight is 158 g/mol. The normalized spacial score (nSPS) is 23.1. The molecule has 1 unspecified atom stereocenters. The van der Waals surface area contributed by atoms with Gasteiger partial charge in [-0.3, -0.25) is 0 Å². The second-order valence-electron chi connectivity index (χ2n) is 2.34. The van der Waals surface area contributed by atoms with Gasteiger partial charge in [-0.05, 0) is 6.42 Å². The number of ether oxygens (including phenoxy) is 2. The molecule has 1 aliphatic heterocycles. The fraction of sp³-hybridized carbons (Fsp3) is 1.00. The Kier molecular flexibility index (Phi) is 4.02. The summed E-state index contributed by atoms with van der Waals surface area (Å²) in [5.41, 5.74) is 0. The van der Waals surface area contributed by atoms with Crippen molar-refractivity contribution in [2.45, 2.75) is 31.7 Å². The maximum Gasteiger partial charge on any atom is 0.181 e. The quantitative estimate of drug-likeness (QED) is 0.330. The zero-order chi connectivity index (χ0) is 7.23. The van der Waals surface area contributed by atoms with E-state index in [0.717, 1.165) is 22.7 Å². The molecule has 1 rings (SSSR count). The lowest BCUT2D eigenvalue weighted by Crippen LogP contribution is -1.98. The standard InChI is InChI=1S/C7H14O2Si/c1-2-10-5-3-4-8-7-6-9-7/h7H,2-6H2,1H3. The Hall–Kier alpha value is 0.137. The molecule has 0 saturated carbocycles. The molecule has 2 radical (unpaired) electrons. The van der Waals surface area contributed by atoms with Crippen LogP contribution in [0.4, 0.5) is 0 Å². The van der Waals surface area contributed by atoms with Gasteiger partial charge in [-0.2, -0.15) is 0 Å². The van der Waals surface area contributed by atoms with E-state index in [2.05, 4.69) is 6.92 Å². The highest BCUT2D eigenvalue weighted by Gasteiger charge is 2.22. The zero-order valence-corrected chi connectivity index (χ0v) is 7.43. The van der Waals surface area contributed by atoms with Gasteiger partial charge in [0.2, 0.25) is 0 Å². The summed E-state index contributed by atoms with van der Waals surface area (Å²) < 4.78 is 10.2. The Morgan fingerprint density at radius 2 is 2.50 bits per heavy atom. The molecule has 1 fully saturated rings. The molecule has 58 valence electrons. The van der Waals surface area contributed by atoms with Gasteiger partial charge in [0.1, 0.15) is 6.61 Å². The largest absolute Gasteiger partial charge is 0.350 e. The second kappa shape index (κ2) is 4.88. The summed E-state index contributed by atoms with van der Waals surface area (Å²) in [6.45, 7) is 3.93. The molecule has 1 atom stereocenters. The Morgan fingerprint density at radius 3 is 3.10 bits per heavy atom. The molecule has 0 bridgehead atoms. The van der Waals surface area contributed by atoms with Gasteiger partial charge in [0.05, 0.1) is 0 Å². The van der Waals surface area contributed by atoms with Gasteiger partial charge in [0, 0.05) is 16.1 Å². The van der Waals surface area contributed by atoms with Crippen LogP contribution in [0.1, 0.15) is 13.3 Å². The van der Waals surface area contributed by atoms with Crippen LogP contribution < -0.4 is 0 Å². The summed E-state index contributed by atoms with van der Waals surface area (Å²) in [5, 5.41) is 0. The Labute approximate surface area is 64.7 Å². The molecule has 2 nitrogen and oxygen atoms in total. The molecular weight excluding hydrogens is 144 g/mol. The molecule has 0 aromatic rings. The van der Waals surface area contributed by atoms with Crippen LogP contribution in [0.5, 0.6) is 0 Å². The van der Waals surface area contributed by atoms with Gasteiger partial charge in [0.15, 0.2) is 6.29 Å². The predicted molar refractivity (Wildman–Crippen MR) is 41.4 cm³/mol. The third-order valence-corrected chi connectivity index (χ3v) is 2.56. The number of hydrogen-bond donors (Lipinski definition) is 0. The van der Waals surface area contributed by atoms with Crippen LogP contribution in [0, 0.1) is 0 Å². The van der Waals surface area contributed by atoms with E-state index in [9.17, 15) is 0 Å². The highest BCUT2D eigenvalue weighted by Crippen LogP contribution is 2.10. The molecule has 0 spiro atoms. The number of epoxide rings is 1. The topological polar surface area (TPSA) is 21.8 Å². The lowest BCUT2D eigenvalue weighted by molar-refractivity contribution is 0.0508. The lowest BCUT2D eigenvalue weighted by Gasteiger charge is -1.97. The van der Waals surface area contributed by atoms with Gasteiger partial charge in [-0.25, -0.2) is 0 Å². The molecule has 0 aromatic heterocycles. The Balaban J connectivity index is 1.68. The molecule has 3 heteroatoms. The first-order chi connectivity index (χ1) is 4.93. The second-order valence-corrected chi connectivity index (χ2v) is 4.05. The highest BCUT2D eigenvalue weighted by atomic mass is 28.2. The first-order valence-electron chi connectivity index (χ1n) is 3.87. The van der Waals surface area contributed by atoms with Gasteiger partial charge in [0.25, 0.3) is 0 Å². The SMILES string of the molecule is CC[Si]CCCOC1CO1. The van der Waals surface area contributed by atoms with Crippen molar-refractivity contribution < 1.29 is 9.47 Å². The van der Waals surface area contributed by atoms with Crippen LogP contribution in [0.2, 0.25) is 12.1 Å². The van der Waals surface area contributed by atoms with Crippen LogP contribution in [-0.2, 0) is 9.47 Å². The van der Waals surface area contributed by atoms with E-state index in [1.165, 1.54) is 18.5 Å². The van der Waals surface area contributed by atoms with Gasteiger partial charge >= 0.3 is 0 Å². The summed E-state index contributed by atoms with van der Waals surface area (Å²) in [4.78, 5) is 0. The van der Waals surface area contributed by atoms with E-state index >= 15 is 0 Å². The molecule has 1 heterocycles. The molecule has 0 amide bonds. The fourth-order valence-corrected chi connectivity index (χ4v) is 1.47. The van der Waals surface area contributed by atoms with Crippen LogP contribution in [-0.4, -0.2) is 29.0 Å². The summed E-state index contributed by atoms with van der Waals surface area (Å²) >= 11 is 0. The third-order valence-electron chi connectivity index (χ3n) is 1.35. The minimum absolute atomic E-state index is 0.157. The van der Waals surface area contributed by atoms with Crippen LogP contribution in [0.25, 0.3) is 0 Å². The van der Waals surface area contributed by atoms with Crippen molar-refractivity contribution in [1.82, 2.24) is 0 Å². The minimum Gasteiger partial charge on any atom is -0.350 e. The fourth-order valence-electron chi connectivity index (χ4n) is 0.724. The molecule has 1 aliphatic rings. The molecule has 0 aliphatic carbocycles. The van der Waals surface area contributed by atoms with E-state index in [-0.39, 0.29) is 6.29 Å². The highest BCUT2D eigenvalue weighted by molar-refractivity contribution is 6.35. The smallest absolute Gasteiger partial charge is 0.181 e. The minimum atomic E-state index is 0.157. The molecule has 10 heavy (non-hydrogen) atoms. The molecule has 0 aromatic carbocycles. The summed E-state index contributed by atoms with van der Waals surface area (Å²) in [7, 11) is 1.12. The van der Waals surface area contributed by atoms with Gasteiger partial charge in [-0.15, -0.1) is 0 Å². The van der Waals surface area contributed by atoms with Crippen molar-refractivity contribution in [3.05, 3.63) is 0 Å². The predicted octanol–water partition coefficient (Wildman–Crippen LogP) is 1.31. The Morgan fingerprint density at radius 1 is 1.70 bits per heavy atom. The average Bonchev–Trinajstić information content (AvgIpc) is 2.71. The van der Waals surface area contributed by atoms with E-state index in [1.807, 2.05) is 0 Å². The maximum absolute atomic E-state index is 5.28. The van der Waals surface area contributed by atoms with E-state index < -0.39 is 0 Å².